The lowest BCUT2D eigenvalue weighted by Crippen LogP contribution is -1.92. The maximum Gasteiger partial charge on any atom is 0.0386 e. The molecule has 1 N–H and O–H groups in total. The summed E-state index contributed by atoms with van der Waals surface area (Å²) in [5.41, 5.74) is 5.14. The summed E-state index contributed by atoms with van der Waals surface area (Å²) in [6, 6.07) is 17.4. The van der Waals surface area contributed by atoms with Crippen LogP contribution >= 0.6 is 0 Å². The summed E-state index contributed by atoms with van der Waals surface area (Å²) in [4.78, 5) is 0. The number of anilines is 2. The first-order valence-electron chi connectivity index (χ1n) is 7.26. The SMILES string of the molecule is CCCc1ccc(Nc2cccc(CCC)c2)cc1. The zero-order valence-corrected chi connectivity index (χ0v) is 11.9. The molecule has 0 bridgehead atoms. The monoisotopic (exact) mass is 253 g/mol. The van der Waals surface area contributed by atoms with Gasteiger partial charge in [0.2, 0.25) is 0 Å². The molecule has 2 rings (SSSR count). The molecule has 0 aliphatic rings. The molecule has 0 aromatic heterocycles. The van der Waals surface area contributed by atoms with Crippen molar-refractivity contribution in [3.63, 3.8) is 0 Å². The molecule has 0 atom stereocenters. The van der Waals surface area contributed by atoms with Gasteiger partial charge >= 0.3 is 0 Å². The Kier molecular flexibility index (Phi) is 5.02. The Morgan fingerprint density at radius 2 is 1.42 bits per heavy atom. The number of nitrogens with one attached hydrogen (secondary N) is 1. The highest BCUT2D eigenvalue weighted by Crippen LogP contribution is 2.19. The number of benzene rings is 2. The number of rotatable bonds is 6. The van der Waals surface area contributed by atoms with Gasteiger partial charge in [0.25, 0.3) is 0 Å². The van der Waals surface area contributed by atoms with Crippen LogP contribution in [0.5, 0.6) is 0 Å². The highest BCUT2D eigenvalue weighted by atomic mass is 14.9. The summed E-state index contributed by atoms with van der Waals surface area (Å²) in [6.45, 7) is 4.43. The van der Waals surface area contributed by atoms with Gasteiger partial charge in [0.1, 0.15) is 0 Å². The minimum Gasteiger partial charge on any atom is -0.356 e. The highest BCUT2D eigenvalue weighted by Gasteiger charge is 1.97. The van der Waals surface area contributed by atoms with Gasteiger partial charge in [-0.1, -0.05) is 51.0 Å². The Hall–Kier alpha value is -1.76. The standard InChI is InChI=1S/C18H23N/c1-3-6-15-10-12-17(13-11-15)19-18-9-5-8-16(14-18)7-4-2/h5,8-14,19H,3-4,6-7H2,1-2H3. The van der Waals surface area contributed by atoms with Crippen molar-refractivity contribution < 1.29 is 0 Å². The molecule has 1 heteroatoms. The Bertz CT molecular complexity index is 499. The minimum atomic E-state index is 1.14. The van der Waals surface area contributed by atoms with Gasteiger partial charge in [-0.05, 0) is 48.2 Å². The van der Waals surface area contributed by atoms with Crippen molar-refractivity contribution >= 4 is 11.4 Å². The Balaban J connectivity index is 2.05. The lowest BCUT2D eigenvalue weighted by molar-refractivity contribution is 0.921. The van der Waals surface area contributed by atoms with Gasteiger partial charge in [0.05, 0.1) is 0 Å². The molecular formula is C18H23N. The minimum absolute atomic E-state index is 1.14. The van der Waals surface area contributed by atoms with E-state index in [-0.39, 0.29) is 0 Å². The molecule has 0 saturated carbocycles. The molecule has 0 heterocycles. The van der Waals surface area contributed by atoms with E-state index >= 15 is 0 Å². The molecule has 0 unspecified atom stereocenters. The van der Waals surface area contributed by atoms with Gasteiger partial charge in [-0.3, -0.25) is 0 Å². The maximum absolute atomic E-state index is 3.47. The topological polar surface area (TPSA) is 12.0 Å². The number of aryl methyl sites for hydroxylation is 2. The van der Waals surface area contributed by atoms with Crippen LogP contribution in [0.2, 0.25) is 0 Å². The van der Waals surface area contributed by atoms with Gasteiger partial charge in [-0.15, -0.1) is 0 Å². The van der Waals surface area contributed by atoms with Crippen LogP contribution in [0.3, 0.4) is 0 Å². The van der Waals surface area contributed by atoms with E-state index in [1.54, 1.807) is 0 Å². The van der Waals surface area contributed by atoms with Crippen molar-refractivity contribution in [3.05, 3.63) is 59.7 Å². The van der Waals surface area contributed by atoms with E-state index in [0.717, 1.165) is 18.5 Å². The van der Waals surface area contributed by atoms with Crippen LogP contribution in [-0.4, -0.2) is 0 Å². The second-order valence-corrected chi connectivity index (χ2v) is 5.02. The van der Waals surface area contributed by atoms with Crippen molar-refractivity contribution in [2.45, 2.75) is 39.5 Å². The molecule has 0 aliphatic heterocycles. The summed E-state index contributed by atoms with van der Waals surface area (Å²) >= 11 is 0. The quantitative estimate of drug-likeness (QED) is 0.733. The molecule has 0 spiro atoms. The van der Waals surface area contributed by atoms with E-state index in [1.165, 1.54) is 29.7 Å². The number of hydrogen-bond donors (Lipinski definition) is 1. The molecule has 0 radical (unpaired) electrons. The van der Waals surface area contributed by atoms with Crippen molar-refractivity contribution in [2.24, 2.45) is 0 Å². The van der Waals surface area contributed by atoms with Gasteiger partial charge in [-0.25, -0.2) is 0 Å². The Labute approximate surface area is 116 Å². The van der Waals surface area contributed by atoms with Crippen LogP contribution in [0, 0.1) is 0 Å². The Morgan fingerprint density at radius 1 is 0.737 bits per heavy atom. The average Bonchev–Trinajstić information content (AvgIpc) is 2.42. The van der Waals surface area contributed by atoms with E-state index in [9.17, 15) is 0 Å². The normalized spacial score (nSPS) is 10.4. The highest BCUT2D eigenvalue weighted by molar-refractivity contribution is 5.60. The fourth-order valence-corrected chi connectivity index (χ4v) is 2.30. The van der Waals surface area contributed by atoms with Crippen molar-refractivity contribution in [2.75, 3.05) is 5.32 Å². The van der Waals surface area contributed by atoms with Crippen LogP contribution in [-0.2, 0) is 12.8 Å². The van der Waals surface area contributed by atoms with E-state index in [0.29, 0.717) is 0 Å². The van der Waals surface area contributed by atoms with Crippen LogP contribution in [0.4, 0.5) is 11.4 Å². The molecule has 0 aliphatic carbocycles. The predicted molar refractivity (Wildman–Crippen MR) is 84.2 cm³/mol. The van der Waals surface area contributed by atoms with Crippen molar-refractivity contribution in [1.29, 1.82) is 0 Å². The van der Waals surface area contributed by atoms with Crippen LogP contribution in [0.15, 0.2) is 48.5 Å². The zero-order valence-electron chi connectivity index (χ0n) is 11.9. The van der Waals surface area contributed by atoms with E-state index in [2.05, 4.69) is 67.7 Å². The smallest absolute Gasteiger partial charge is 0.0386 e. The van der Waals surface area contributed by atoms with E-state index in [4.69, 9.17) is 0 Å². The van der Waals surface area contributed by atoms with Gasteiger partial charge in [-0.2, -0.15) is 0 Å². The second kappa shape index (κ2) is 6.98. The molecule has 19 heavy (non-hydrogen) atoms. The van der Waals surface area contributed by atoms with E-state index < -0.39 is 0 Å². The number of hydrogen-bond acceptors (Lipinski definition) is 1. The first-order chi connectivity index (χ1) is 9.31. The van der Waals surface area contributed by atoms with Gasteiger partial charge in [0.15, 0.2) is 0 Å². The average molecular weight is 253 g/mol. The summed E-state index contributed by atoms with van der Waals surface area (Å²) in [7, 11) is 0. The first kappa shape index (κ1) is 13.7. The third-order valence-corrected chi connectivity index (χ3v) is 3.25. The van der Waals surface area contributed by atoms with Crippen molar-refractivity contribution in [1.82, 2.24) is 0 Å². The lowest BCUT2D eigenvalue weighted by atomic mass is 10.1. The van der Waals surface area contributed by atoms with Gasteiger partial charge in [0, 0.05) is 11.4 Å². The maximum atomic E-state index is 3.47. The van der Waals surface area contributed by atoms with E-state index in [1.807, 2.05) is 0 Å². The summed E-state index contributed by atoms with van der Waals surface area (Å²) < 4.78 is 0. The van der Waals surface area contributed by atoms with Crippen LogP contribution in [0.25, 0.3) is 0 Å². The second-order valence-electron chi connectivity index (χ2n) is 5.02. The third kappa shape index (κ3) is 4.13. The summed E-state index contributed by atoms with van der Waals surface area (Å²) in [5, 5.41) is 3.47. The van der Waals surface area contributed by atoms with Crippen LogP contribution in [0.1, 0.15) is 37.8 Å². The molecule has 2 aromatic rings. The Morgan fingerprint density at radius 3 is 2.11 bits per heavy atom. The lowest BCUT2D eigenvalue weighted by Gasteiger charge is -2.09. The summed E-state index contributed by atoms with van der Waals surface area (Å²) in [6.07, 6.45) is 4.69. The van der Waals surface area contributed by atoms with Crippen LogP contribution < -0.4 is 5.32 Å². The zero-order chi connectivity index (χ0) is 13.5. The fraction of sp³-hybridized carbons (Fsp3) is 0.333. The molecule has 0 fully saturated rings. The molecule has 100 valence electrons. The summed E-state index contributed by atoms with van der Waals surface area (Å²) in [5.74, 6) is 0. The molecule has 2 aromatic carbocycles. The fourth-order valence-electron chi connectivity index (χ4n) is 2.30. The van der Waals surface area contributed by atoms with Crippen molar-refractivity contribution in [3.8, 4) is 0 Å². The molecule has 0 saturated heterocycles. The predicted octanol–water partition coefficient (Wildman–Crippen LogP) is 5.34. The first-order valence-corrected chi connectivity index (χ1v) is 7.26. The third-order valence-electron chi connectivity index (χ3n) is 3.25. The molecular weight excluding hydrogens is 230 g/mol. The largest absolute Gasteiger partial charge is 0.356 e. The molecule has 1 nitrogen and oxygen atoms in total. The molecule has 0 amide bonds. The van der Waals surface area contributed by atoms with Gasteiger partial charge < -0.3 is 5.32 Å².